The molecule has 3 aliphatic rings. The Morgan fingerprint density at radius 3 is 2.60 bits per heavy atom. The van der Waals surface area contributed by atoms with Crippen LogP contribution in [0.25, 0.3) is 0 Å². The average molecular weight is 647 g/mol. The summed E-state index contributed by atoms with van der Waals surface area (Å²) in [6, 6.07) is 15.1. The lowest BCUT2D eigenvalue weighted by atomic mass is 10.0. The molecule has 1 saturated carbocycles. The monoisotopic (exact) mass is 646 g/mol. The van der Waals surface area contributed by atoms with Crippen molar-refractivity contribution in [2.75, 3.05) is 52.3 Å². The number of nitrogens with one attached hydrogen (secondary N) is 2. The van der Waals surface area contributed by atoms with E-state index >= 15 is 0 Å². The van der Waals surface area contributed by atoms with Crippen LogP contribution in [0.2, 0.25) is 0 Å². The quantitative estimate of drug-likeness (QED) is 0.248. The normalized spacial score (nSPS) is 23.3. The molecule has 0 spiro atoms. The van der Waals surface area contributed by atoms with Gasteiger partial charge in [0.05, 0.1) is 48.8 Å². The van der Waals surface area contributed by atoms with Crippen molar-refractivity contribution in [3.63, 3.8) is 0 Å². The van der Waals surface area contributed by atoms with Gasteiger partial charge < -0.3 is 34.9 Å². The number of fused-ring (bicyclic) bond motifs is 1. The minimum absolute atomic E-state index is 0.0400. The molecule has 0 radical (unpaired) electrons. The number of rotatable bonds is 15. The van der Waals surface area contributed by atoms with E-state index in [2.05, 4.69) is 10.6 Å². The molecule has 13 heteroatoms. The summed E-state index contributed by atoms with van der Waals surface area (Å²) in [4.78, 5) is 21.3. The zero-order valence-corrected chi connectivity index (χ0v) is 26.9. The molecule has 2 aromatic carbocycles. The van der Waals surface area contributed by atoms with Crippen molar-refractivity contribution in [2.45, 2.75) is 74.1 Å². The van der Waals surface area contributed by atoms with Crippen LogP contribution in [0.15, 0.2) is 59.5 Å². The third-order valence-electron chi connectivity index (χ3n) is 8.50. The van der Waals surface area contributed by atoms with E-state index < -0.39 is 34.4 Å². The van der Waals surface area contributed by atoms with Crippen molar-refractivity contribution in [1.29, 1.82) is 0 Å². The Bertz CT molecular complexity index is 1340. The Labute approximate surface area is 266 Å². The molecular formula is C32H46N4O8S. The molecule has 2 saturated heterocycles. The number of hydrogen-bond donors (Lipinski definition) is 3. The average Bonchev–Trinajstić information content (AvgIpc) is 3.78. The molecule has 2 aromatic rings. The summed E-state index contributed by atoms with van der Waals surface area (Å²) in [6.07, 6.45) is 1.15. The van der Waals surface area contributed by atoms with Crippen LogP contribution in [0.5, 0.6) is 0 Å². The van der Waals surface area contributed by atoms with Crippen LogP contribution >= 0.6 is 0 Å². The number of aliphatic hydroxyl groups is 1. The molecule has 3 N–H and O–H groups in total. The maximum Gasteiger partial charge on any atom is 0.407 e. The second-order valence-corrected chi connectivity index (χ2v) is 14.1. The Balaban J connectivity index is 1.33. The number of nitrogens with zero attached hydrogens (tertiary/aromatic N) is 2. The number of hydrogen-bond acceptors (Lipinski definition) is 10. The van der Waals surface area contributed by atoms with Gasteiger partial charge in [-0.1, -0.05) is 53.7 Å². The predicted octanol–water partition coefficient (Wildman–Crippen LogP) is 2.98. The van der Waals surface area contributed by atoms with Gasteiger partial charge in [-0.05, 0) is 63.5 Å². The molecule has 45 heavy (non-hydrogen) atoms. The summed E-state index contributed by atoms with van der Waals surface area (Å²) in [7, 11) is -0.251. The fourth-order valence-electron chi connectivity index (χ4n) is 5.97. The Kier molecular flexibility index (Phi) is 11.7. The maximum absolute atomic E-state index is 14.0. The number of hydroxylamine groups is 1. The van der Waals surface area contributed by atoms with Gasteiger partial charge in [0.15, 0.2) is 6.29 Å². The maximum atomic E-state index is 14.0. The van der Waals surface area contributed by atoms with Crippen LogP contribution in [-0.2, 0) is 35.5 Å². The third kappa shape index (κ3) is 9.16. The number of carbonyl (C=O) groups is 1. The number of likely N-dealkylation sites (N-methyl/N-ethyl adjacent to an activating group) is 1. The lowest BCUT2D eigenvalue weighted by Crippen LogP contribution is -2.51. The van der Waals surface area contributed by atoms with Crippen LogP contribution in [0, 0.1) is 5.92 Å². The lowest BCUT2D eigenvalue weighted by Gasteiger charge is -2.31. The molecule has 2 heterocycles. The van der Waals surface area contributed by atoms with Gasteiger partial charge in [-0.25, -0.2) is 13.2 Å². The fraction of sp³-hybridized carbons (Fsp3) is 0.594. The van der Waals surface area contributed by atoms with Crippen LogP contribution in [-0.4, -0.2) is 107 Å². The van der Waals surface area contributed by atoms with E-state index in [0.717, 1.165) is 48.7 Å². The summed E-state index contributed by atoms with van der Waals surface area (Å²) >= 11 is 0. The lowest BCUT2D eigenvalue weighted by molar-refractivity contribution is -0.145. The van der Waals surface area contributed by atoms with E-state index in [-0.39, 0.29) is 42.8 Å². The van der Waals surface area contributed by atoms with Gasteiger partial charge in [-0.2, -0.15) is 0 Å². The number of aliphatic hydroxyl groups excluding tert-OH is 1. The first-order valence-corrected chi connectivity index (χ1v) is 17.2. The van der Waals surface area contributed by atoms with E-state index in [1.807, 2.05) is 55.4 Å². The number of alkyl carbamates (subject to hydrolysis) is 1. The summed E-state index contributed by atoms with van der Waals surface area (Å²) < 4.78 is 45.8. The van der Waals surface area contributed by atoms with Gasteiger partial charge in [0.25, 0.3) is 10.0 Å². The zero-order chi connectivity index (χ0) is 31.8. The molecular weight excluding hydrogens is 600 g/mol. The van der Waals surface area contributed by atoms with Crippen LogP contribution in [0.1, 0.15) is 37.7 Å². The molecule has 248 valence electrons. The smallest absolute Gasteiger partial charge is 0.407 e. The van der Waals surface area contributed by atoms with Crippen LogP contribution in [0.4, 0.5) is 10.5 Å². The molecule has 0 aromatic heterocycles. The molecule has 0 bridgehead atoms. The van der Waals surface area contributed by atoms with Crippen molar-refractivity contribution < 1.29 is 37.4 Å². The largest absolute Gasteiger partial charge is 0.443 e. The highest BCUT2D eigenvalue weighted by atomic mass is 32.2. The highest BCUT2D eigenvalue weighted by Crippen LogP contribution is 2.33. The number of carbonyl (C=O) groups excluding carboxylic acids is 1. The third-order valence-corrected chi connectivity index (χ3v) is 10.1. The van der Waals surface area contributed by atoms with Crippen molar-refractivity contribution in [1.82, 2.24) is 14.7 Å². The molecule has 5 rings (SSSR count). The molecule has 1 amide bonds. The van der Waals surface area contributed by atoms with E-state index in [4.69, 9.17) is 19.0 Å². The predicted molar refractivity (Wildman–Crippen MR) is 168 cm³/mol. The highest BCUT2D eigenvalue weighted by Gasteiger charge is 2.44. The number of amides is 1. The van der Waals surface area contributed by atoms with E-state index in [0.29, 0.717) is 18.8 Å². The molecule has 3 fully saturated rings. The van der Waals surface area contributed by atoms with Gasteiger partial charge >= 0.3 is 6.09 Å². The Morgan fingerprint density at radius 1 is 1.07 bits per heavy atom. The van der Waals surface area contributed by atoms with Gasteiger partial charge in [-0.15, -0.1) is 0 Å². The topological polar surface area (TPSA) is 139 Å². The number of ether oxygens (including phenoxy) is 3. The molecule has 1 aliphatic carbocycles. The molecule has 5 atom stereocenters. The molecule has 2 aliphatic heterocycles. The van der Waals surface area contributed by atoms with Crippen molar-refractivity contribution in [3.8, 4) is 0 Å². The first-order chi connectivity index (χ1) is 21.7. The summed E-state index contributed by atoms with van der Waals surface area (Å²) in [5.74, 6) is -0.0400. The minimum Gasteiger partial charge on any atom is -0.443 e. The first kappa shape index (κ1) is 33.6. The number of sulfonamides is 1. The second-order valence-electron chi connectivity index (χ2n) is 12.2. The van der Waals surface area contributed by atoms with Crippen LogP contribution < -0.4 is 10.6 Å². The zero-order valence-electron chi connectivity index (χ0n) is 26.0. The first-order valence-electron chi connectivity index (χ1n) is 15.8. The van der Waals surface area contributed by atoms with Gasteiger partial charge in [0.2, 0.25) is 0 Å². The van der Waals surface area contributed by atoms with Gasteiger partial charge in [0, 0.05) is 18.8 Å². The number of anilines is 1. The number of benzene rings is 2. The van der Waals surface area contributed by atoms with E-state index in [1.54, 1.807) is 12.1 Å². The van der Waals surface area contributed by atoms with Crippen molar-refractivity contribution >= 4 is 21.8 Å². The van der Waals surface area contributed by atoms with Crippen molar-refractivity contribution in [2.24, 2.45) is 5.92 Å². The summed E-state index contributed by atoms with van der Waals surface area (Å²) in [5.41, 5.74) is 1.52. The van der Waals surface area contributed by atoms with E-state index in [1.165, 1.54) is 6.07 Å². The standard InChI is InChI=1S/C32H46N4O8S/c1-35(2)17-16-33-24-11-8-14-26(20-24)45(39,40)36(44-25-12-6-7-13-25)21-29(37)28(19-23-9-4-3-5-10-23)34-32(38)43-30-22-42-31-27(30)15-18-41-31/h3-5,8-11,14,20,25,27-31,33,37H,6-7,12-13,15-19,21-22H2,1-2H3,(H,34,38)/t27-,28-,29-,30-,31+/m1/s1. The van der Waals surface area contributed by atoms with E-state index in [9.17, 15) is 18.3 Å². The summed E-state index contributed by atoms with van der Waals surface area (Å²) in [6.45, 7) is 1.81. The highest BCUT2D eigenvalue weighted by molar-refractivity contribution is 7.89. The Morgan fingerprint density at radius 2 is 1.84 bits per heavy atom. The van der Waals surface area contributed by atoms with Gasteiger partial charge in [0.1, 0.15) is 6.10 Å². The molecule has 0 unspecified atom stereocenters. The van der Waals surface area contributed by atoms with Crippen LogP contribution in [0.3, 0.4) is 0 Å². The minimum atomic E-state index is -4.18. The second kappa shape index (κ2) is 15.7. The SMILES string of the molecule is CN(C)CCNc1cccc(S(=O)(=O)N(C[C@@H](O)[C@@H](Cc2ccccc2)NC(=O)O[C@@H]2CO[C@@H]3OCC[C@@H]32)OC2CCCC2)c1. The Hall–Kier alpha value is -2.78. The van der Waals surface area contributed by atoms with Gasteiger partial charge in [-0.3, -0.25) is 4.84 Å². The molecule has 12 nitrogen and oxygen atoms in total. The fourth-order valence-corrected chi connectivity index (χ4v) is 7.31. The summed E-state index contributed by atoms with van der Waals surface area (Å²) in [5, 5.41) is 17.7. The van der Waals surface area contributed by atoms with Crippen molar-refractivity contribution in [3.05, 3.63) is 60.2 Å².